The monoisotopic (exact) mass is 207 g/mol. The van der Waals surface area contributed by atoms with Gasteiger partial charge in [-0.1, -0.05) is 0 Å². The molecule has 7 nitrogen and oxygen atoms in total. The predicted molar refractivity (Wildman–Crippen MR) is 49.6 cm³/mol. The normalized spacial score (nSPS) is 10.3. The highest BCUT2D eigenvalue weighted by molar-refractivity contribution is 6.08. The van der Waals surface area contributed by atoms with Gasteiger partial charge in [-0.25, -0.2) is 0 Å². The average molecular weight is 207 g/mol. The Morgan fingerprint density at radius 2 is 2.33 bits per heavy atom. The number of ketones is 1. The molecule has 0 bridgehead atoms. The van der Waals surface area contributed by atoms with Gasteiger partial charge in [-0.15, -0.1) is 0 Å². The Morgan fingerprint density at radius 1 is 1.53 bits per heavy atom. The first kappa shape index (κ1) is 9.38. The molecule has 1 N–H and O–H groups in total. The summed E-state index contributed by atoms with van der Waals surface area (Å²) in [6.45, 7) is 0. The molecule has 78 valence electrons. The Hall–Kier alpha value is -2.18. The highest BCUT2D eigenvalue weighted by Crippen LogP contribution is 2.18. The van der Waals surface area contributed by atoms with Crippen LogP contribution in [0.25, 0.3) is 0 Å². The fourth-order valence-electron chi connectivity index (χ4n) is 1.26. The van der Waals surface area contributed by atoms with Crippen LogP contribution in [0.1, 0.15) is 16.2 Å². The van der Waals surface area contributed by atoms with E-state index < -0.39 is 0 Å². The quantitative estimate of drug-likeness (QED) is 0.703. The number of aromatic amines is 1. The van der Waals surface area contributed by atoms with Crippen molar-refractivity contribution < 1.29 is 9.53 Å². The van der Waals surface area contributed by atoms with Crippen molar-refractivity contribution >= 4 is 5.78 Å². The lowest BCUT2D eigenvalue weighted by molar-refractivity contribution is 0.102. The topological polar surface area (TPSA) is 85.7 Å². The third kappa shape index (κ3) is 1.47. The van der Waals surface area contributed by atoms with Crippen LogP contribution in [0.5, 0.6) is 5.75 Å². The molecular weight excluding hydrogens is 198 g/mol. The van der Waals surface area contributed by atoms with Gasteiger partial charge in [0.25, 0.3) is 0 Å². The molecule has 0 radical (unpaired) electrons. The number of ether oxygens (including phenoxy) is 1. The minimum absolute atomic E-state index is 0.233. The number of aromatic nitrogens is 5. The lowest BCUT2D eigenvalue weighted by atomic mass is 10.2. The van der Waals surface area contributed by atoms with Crippen LogP contribution in [0.15, 0.2) is 12.4 Å². The maximum Gasteiger partial charge on any atom is 0.236 e. The highest BCUT2D eigenvalue weighted by atomic mass is 16.5. The van der Waals surface area contributed by atoms with Crippen LogP contribution < -0.4 is 4.74 Å². The first-order chi connectivity index (χ1) is 7.24. The first-order valence-electron chi connectivity index (χ1n) is 4.20. The summed E-state index contributed by atoms with van der Waals surface area (Å²) < 4.78 is 6.46. The zero-order chi connectivity index (χ0) is 10.8. The number of rotatable bonds is 3. The molecule has 2 aromatic heterocycles. The molecule has 0 spiro atoms. The smallest absolute Gasteiger partial charge is 0.236 e. The van der Waals surface area contributed by atoms with Crippen LogP contribution >= 0.6 is 0 Å². The Bertz CT molecular complexity index is 473. The van der Waals surface area contributed by atoms with Crippen molar-refractivity contribution in [1.29, 1.82) is 0 Å². The van der Waals surface area contributed by atoms with Crippen LogP contribution in [0, 0.1) is 0 Å². The van der Waals surface area contributed by atoms with Gasteiger partial charge < -0.3 is 4.74 Å². The summed E-state index contributed by atoms with van der Waals surface area (Å²) in [5, 5.41) is 13.6. The van der Waals surface area contributed by atoms with E-state index in [1.165, 1.54) is 24.2 Å². The minimum atomic E-state index is -0.277. The van der Waals surface area contributed by atoms with E-state index in [0.29, 0.717) is 11.4 Å². The molecule has 0 saturated heterocycles. The number of carbonyl (C=O) groups excluding carboxylic acids is 1. The maximum absolute atomic E-state index is 11.9. The zero-order valence-electron chi connectivity index (χ0n) is 8.26. The lowest BCUT2D eigenvalue weighted by Crippen LogP contribution is -2.10. The van der Waals surface area contributed by atoms with E-state index >= 15 is 0 Å². The van der Waals surface area contributed by atoms with Crippen molar-refractivity contribution in [1.82, 2.24) is 25.2 Å². The third-order valence-corrected chi connectivity index (χ3v) is 1.99. The van der Waals surface area contributed by atoms with Gasteiger partial charge in [0.05, 0.1) is 19.5 Å². The van der Waals surface area contributed by atoms with Crippen LogP contribution in [0.2, 0.25) is 0 Å². The van der Waals surface area contributed by atoms with E-state index in [2.05, 4.69) is 20.5 Å². The Morgan fingerprint density at radius 3 is 2.93 bits per heavy atom. The van der Waals surface area contributed by atoms with Crippen molar-refractivity contribution in [3.05, 3.63) is 23.8 Å². The standard InChI is InChI=1S/C8H9N5O2/c1-13-7(6(15-2)4-10-13)8(14)5-3-9-12-11-5/h3-4H,1-2H3,(H,9,11,12). The van der Waals surface area contributed by atoms with Gasteiger partial charge in [-0.2, -0.15) is 20.5 Å². The van der Waals surface area contributed by atoms with E-state index in [1.54, 1.807) is 7.05 Å². The molecule has 0 unspecified atom stereocenters. The van der Waals surface area contributed by atoms with Gasteiger partial charge in [-0.3, -0.25) is 9.48 Å². The van der Waals surface area contributed by atoms with E-state index in [9.17, 15) is 4.79 Å². The highest BCUT2D eigenvalue weighted by Gasteiger charge is 2.21. The van der Waals surface area contributed by atoms with Gasteiger partial charge in [0.1, 0.15) is 0 Å². The molecule has 0 aromatic carbocycles. The second-order valence-electron chi connectivity index (χ2n) is 2.87. The van der Waals surface area contributed by atoms with Crippen molar-refractivity contribution in [3.63, 3.8) is 0 Å². The summed E-state index contributed by atoms with van der Waals surface area (Å²) in [4.78, 5) is 11.9. The van der Waals surface area contributed by atoms with Crippen LogP contribution in [-0.4, -0.2) is 38.1 Å². The van der Waals surface area contributed by atoms with Gasteiger partial charge in [-0.05, 0) is 0 Å². The van der Waals surface area contributed by atoms with Gasteiger partial charge in [0.2, 0.25) is 5.78 Å². The SMILES string of the molecule is COc1cnn(C)c1C(=O)c1cn[nH]n1. The van der Waals surface area contributed by atoms with Crippen molar-refractivity contribution in [2.75, 3.05) is 7.11 Å². The lowest BCUT2D eigenvalue weighted by Gasteiger charge is -2.01. The number of hydrogen-bond donors (Lipinski definition) is 1. The number of aryl methyl sites for hydroxylation is 1. The van der Waals surface area contributed by atoms with Gasteiger partial charge >= 0.3 is 0 Å². The van der Waals surface area contributed by atoms with Crippen LogP contribution in [-0.2, 0) is 7.05 Å². The van der Waals surface area contributed by atoms with Crippen LogP contribution in [0.3, 0.4) is 0 Å². The van der Waals surface area contributed by atoms with E-state index in [-0.39, 0.29) is 11.5 Å². The average Bonchev–Trinajstić information content (AvgIpc) is 2.85. The van der Waals surface area contributed by atoms with Crippen LogP contribution in [0.4, 0.5) is 0 Å². The summed E-state index contributed by atoms with van der Waals surface area (Å²) in [6.07, 6.45) is 2.84. The van der Waals surface area contributed by atoms with Gasteiger partial charge in [0.15, 0.2) is 17.1 Å². The fourth-order valence-corrected chi connectivity index (χ4v) is 1.26. The second-order valence-corrected chi connectivity index (χ2v) is 2.87. The number of H-pyrrole nitrogens is 1. The molecule has 7 heteroatoms. The maximum atomic E-state index is 11.9. The summed E-state index contributed by atoms with van der Waals surface area (Å²) >= 11 is 0. The zero-order valence-corrected chi connectivity index (χ0v) is 8.26. The Kier molecular flexibility index (Phi) is 2.20. The van der Waals surface area contributed by atoms with E-state index in [0.717, 1.165) is 0 Å². The molecule has 2 rings (SSSR count). The number of nitrogens with zero attached hydrogens (tertiary/aromatic N) is 4. The van der Waals surface area contributed by atoms with Gasteiger partial charge in [0, 0.05) is 7.05 Å². The number of nitrogens with one attached hydrogen (secondary N) is 1. The molecule has 2 heterocycles. The summed E-state index contributed by atoms with van der Waals surface area (Å²) in [5.41, 5.74) is 0.586. The molecule has 0 amide bonds. The third-order valence-electron chi connectivity index (χ3n) is 1.99. The largest absolute Gasteiger partial charge is 0.493 e. The fraction of sp³-hybridized carbons (Fsp3) is 0.250. The summed E-state index contributed by atoms with van der Waals surface area (Å²) in [5.74, 6) is 0.145. The van der Waals surface area contributed by atoms with E-state index in [4.69, 9.17) is 4.74 Å². The molecular formula is C8H9N5O2. The number of methoxy groups -OCH3 is 1. The molecule has 0 aliphatic heterocycles. The van der Waals surface area contributed by atoms with Crippen molar-refractivity contribution in [2.24, 2.45) is 7.05 Å². The Balaban J connectivity index is 2.45. The van der Waals surface area contributed by atoms with Crippen molar-refractivity contribution in [2.45, 2.75) is 0 Å². The summed E-state index contributed by atoms with van der Waals surface area (Å²) in [7, 11) is 3.15. The minimum Gasteiger partial charge on any atom is -0.493 e. The molecule has 0 aliphatic rings. The molecule has 0 atom stereocenters. The molecule has 15 heavy (non-hydrogen) atoms. The predicted octanol–water partition coefficient (Wildman–Crippen LogP) is -0.222. The number of carbonyl (C=O) groups is 1. The number of hydrogen-bond acceptors (Lipinski definition) is 5. The molecule has 0 aliphatic carbocycles. The Labute approximate surface area is 85.1 Å². The first-order valence-corrected chi connectivity index (χ1v) is 4.20. The van der Waals surface area contributed by atoms with E-state index in [1.807, 2.05) is 0 Å². The summed E-state index contributed by atoms with van der Waals surface area (Å²) in [6, 6.07) is 0. The molecule has 2 aromatic rings. The molecule has 0 saturated carbocycles. The van der Waals surface area contributed by atoms with Crippen molar-refractivity contribution in [3.8, 4) is 5.75 Å². The second kappa shape index (κ2) is 3.52. The molecule has 0 fully saturated rings.